The summed E-state index contributed by atoms with van der Waals surface area (Å²) in [6, 6.07) is 7.58. The fourth-order valence-electron chi connectivity index (χ4n) is 1.85. The van der Waals surface area contributed by atoms with Gasteiger partial charge in [0, 0.05) is 6.54 Å². The Morgan fingerprint density at radius 1 is 1.32 bits per heavy atom. The van der Waals surface area contributed by atoms with Crippen LogP contribution in [0.2, 0.25) is 0 Å². The topological polar surface area (TPSA) is 41.6 Å². The van der Waals surface area contributed by atoms with Crippen molar-refractivity contribution in [1.82, 2.24) is 10.2 Å². The van der Waals surface area contributed by atoms with Crippen molar-refractivity contribution in [1.29, 1.82) is 0 Å². The molecule has 1 heterocycles. The average Bonchev–Trinajstić information content (AvgIpc) is 2.67. The summed E-state index contributed by atoms with van der Waals surface area (Å²) in [5.41, 5.74) is 1.44. The smallest absolute Gasteiger partial charge is 0.276 e. The maximum absolute atomic E-state index is 12.0. The monoisotopic (exact) mass is 276 g/mol. The third kappa shape index (κ3) is 2.93. The Kier molecular flexibility index (Phi) is 4.16. The van der Waals surface area contributed by atoms with Gasteiger partial charge in [0.2, 0.25) is 0 Å². The summed E-state index contributed by atoms with van der Waals surface area (Å²) in [5.74, 6) is 0.738. The zero-order valence-corrected chi connectivity index (χ0v) is 11.8. The molecule has 0 aliphatic carbocycles. The minimum absolute atomic E-state index is 0.0821. The second-order valence-corrected chi connectivity index (χ2v) is 4.43. The quantitative estimate of drug-likeness (QED) is 0.676. The molecule has 19 heavy (non-hydrogen) atoms. The molecule has 1 amide bonds. The van der Waals surface area contributed by atoms with E-state index < -0.39 is 0 Å². The summed E-state index contributed by atoms with van der Waals surface area (Å²) in [6.45, 7) is 5.05. The van der Waals surface area contributed by atoms with E-state index in [0.717, 1.165) is 11.3 Å². The Hall–Kier alpha value is -1.88. The minimum atomic E-state index is -0.0821. The number of carbonyl (C=O) groups is 1. The minimum Gasteiger partial charge on any atom is -0.494 e. The predicted octanol–water partition coefficient (Wildman–Crippen LogP) is 2.16. The number of nitrogens with zero attached hydrogens (tertiary/aromatic N) is 1. The Morgan fingerprint density at radius 2 is 2.00 bits per heavy atom. The van der Waals surface area contributed by atoms with Gasteiger partial charge < -0.3 is 10.1 Å². The Bertz CT molecular complexity index is 523. The van der Waals surface area contributed by atoms with Gasteiger partial charge in [0.15, 0.2) is 5.11 Å². The number of rotatable bonds is 4. The van der Waals surface area contributed by atoms with E-state index in [9.17, 15) is 4.79 Å². The molecule has 0 radical (unpaired) electrons. The molecule has 1 N–H and O–H groups in total. The van der Waals surface area contributed by atoms with Crippen molar-refractivity contribution in [3.05, 3.63) is 35.5 Å². The molecule has 0 unspecified atom stereocenters. The van der Waals surface area contributed by atoms with Crippen LogP contribution in [0.3, 0.4) is 0 Å². The standard InChI is InChI=1S/C14H16N2O2S/c1-3-16-13(17)12(15-14(16)19)9-10-5-7-11(8-6-10)18-4-2/h5-9H,3-4H2,1-2H3,(H,15,19)/b12-9+. The van der Waals surface area contributed by atoms with Gasteiger partial charge in [-0.25, -0.2) is 0 Å². The second kappa shape index (κ2) is 5.84. The van der Waals surface area contributed by atoms with Crippen molar-refractivity contribution in [3.63, 3.8) is 0 Å². The molecule has 1 saturated heterocycles. The first-order chi connectivity index (χ1) is 9.15. The Labute approximate surface area is 118 Å². The van der Waals surface area contributed by atoms with Gasteiger partial charge in [-0.2, -0.15) is 0 Å². The number of thiocarbonyl (C=S) groups is 1. The number of carbonyl (C=O) groups excluding carboxylic acids is 1. The van der Waals surface area contributed by atoms with Gasteiger partial charge in [0.05, 0.1) is 6.61 Å². The lowest BCUT2D eigenvalue weighted by molar-refractivity contribution is -0.122. The highest BCUT2D eigenvalue weighted by Crippen LogP contribution is 2.17. The van der Waals surface area contributed by atoms with Crippen LogP contribution in [0.25, 0.3) is 6.08 Å². The zero-order valence-electron chi connectivity index (χ0n) is 11.0. The molecule has 1 fully saturated rings. The summed E-state index contributed by atoms with van der Waals surface area (Å²) >= 11 is 5.10. The molecule has 0 atom stereocenters. The lowest BCUT2D eigenvalue weighted by atomic mass is 10.2. The predicted molar refractivity (Wildman–Crippen MR) is 78.7 cm³/mol. The number of likely N-dealkylation sites (N-methyl/N-ethyl adjacent to an activating group) is 1. The van der Waals surface area contributed by atoms with Gasteiger partial charge in [0.1, 0.15) is 11.4 Å². The fourth-order valence-corrected chi connectivity index (χ4v) is 2.17. The fraction of sp³-hybridized carbons (Fsp3) is 0.286. The van der Waals surface area contributed by atoms with Gasteiger partial charge in [-0.3, -0.25) is 9.69 Å². The number of amides is 1. The number of hydrogen-bond acceptors (Lipinski definition) is 3. The first-order valence-electron chi connectivity index (χ1n) is 6.23. The van der Waals surface area contributed by atoms with E-state index in [1.807, 2.05) is 38.1 Å². The van der Waals surface area contributed by atoms with Crippen LogP contribution in [0.4, 0.5) is 0 Å². The van der Waals surface area contributed by atoms with E-state index in [4.69, 9.17) is 17.0 Å². The largest absolute Gasteiger partial charge is 0.494 e. The van der Waals surface area contributed by atoms with E-state index in [-0.39, 0.29) is 5.91 Å². The van der Waals surface area contributed by atoms with Crippen LogP contribution in [0.15, 0.2) is 30.0 Å². The molecular formula is C14H16N2O2S. The van der Waals surface area contributed by atoms with Crippen molar-refractivity contribution in [2.45, 2.75) is 13.8 Å². The van der Waals surface area contributed by atoms with Crippen molar-refractivity contribution >= 4 is 29.3 Å². The van der Waals surface area contributed by atoms with Gasteiger partial charge in [0.25, 0.3) is 5.91 Å². The highest BCUT2D eigenvalue weighted by atomic mass is 32.1. The number of ether oxygens (including phenoxy) is 1. The van der Waals surface area contributed by atoms with Crippen LogP contribution in [-0.4, -0.2) is 29.1 Å². The second-order valence-electron chi connectivity index (χ2n) is 4.04. The van der Waals surface area contributed by atoms with Gasteiger partial charge >= 0.3 is 0 Å². The first kappa shape index (κ1) is 13.5. The number of hydrogen-bond donors (Lipinski definition) is 1. The Balaban J connectivity index is 2.18. The van der Waals surface area contributed by atoms with Crippen LogP contribution in [0.1, 0.15) is 19.4 Å². The lowest BCUT2D eigenvalue weighted by Gasteiger charge is -2.08. The summed E-state index contributed by atoms with van der Waals surface area (Å²) in [7, 11) is 0. The molecule has 0 bridgehead atoms. The van der Waals surface area contributed by atoms with E-state index in [0.29, 0.717) is 24.0 Å². The third-order valence-corrected chi connectivity index (χ3v) is 3.10. The van der Waals surface area contributed by atoms with Gasteiger partial charge in [-0.05, 0) is 49.8 Å². The normalized spacial score (nSPS) is 16.9. The van der Waals surface area contributed by atoms with Crippen LogP contribution >= 0.6 is 12.2 Å². The molecule has 5 heteroatoms. The van der Waals surface area contributed by atoms with E-state index in [1.54, 1.807) is 6.08 Å². The molecule has 0 aromatic heterocycles. The molecule has 0 saturated carbocycles. The summed E-state index contributed by atoms with van der Waals surface area (Å²) in [5, 5.41) is 3.39. The van der Waals surface area contributed by atoms with Crippen molar-refractivity contribution in [2.24, 2.45) is 0 Å². The molecule has 100 valence electrons. The molecule has 0 spiro atoms. The highest BCUT2D eigenvalue weighted by Gasteiger charge is 2.28. The number of benzene rings is 1. The summed E-state index contributed by atoms with van der Waals surface area (Å²) in [6.07, 6.45) is 1.79. The SMILES string of the molecule is CCOc1ccc(/C=C2/NC(=S)N(CC)C2=O)cc1. The molecule has 2 rings (SSSR count). The van der Waals surface area contributed by atoms with Crippen LogP contribution in [-0.2, 0) is 4.79 Å². The van der Waals surface area contributed by atoms with E-state index in [2.05, 4.69) is 5.32 Å². The molecule has 4 nitrogen and oxygen atoms in total. The highest BCUT2D eigenvalue weighted by molar-refractivity contribution is 7.80. The van der Waals surface area contributed by atoms with Crippen LogP contribution < -0.4 is 10.1 Å². The molecular weight excluding hydrogens is 260 g/mol. The average molecular weight is 276 g/mol. The summed E-state index contributed by atoms with van der Waals surface area (Å²) < 4.78 is 5.37. The van der Waals surface area contributed by atoms with Crippen molar-refractivity contribution < 1.29 is 9.53 Å². The third-order valence-electron chi connectivity index (χ3n) is 2.78. The first-order valence-corrected chi connectivity index (χ1v) is 6.64. The van der Waals surface area contributed by atoms with Gasteiger partial charge in [-0.15, -0.1) is 0 Å². The molecule has 1 aliphatic rings. The maximum atomic E-state index is 12.0. The zero-order chi connectivity index (χ0) is 13.8. The van der Waals surface area contributed by atoms with Crippen molar-refractivity contribution in [3.8, 4) is 5.75 Å². The lowest BCUT2D eigenvalue weighted by Crippen LogP contribution is -2.30. The Morgan fingerprint density at radius 3 is 2.53 bits per heavy atom. The van der Waals surface area contributed by atoms with Crippen molar-refractivity contribution in [2.75, 3.05) is 13.2 Å². The molecule has 1 aromatic carbocycles. The van der Waals surface area contributed by atoms with Crippen LogP contribution in [0.5, 0.6) is 5.75 Å². The van der Waals surface area contributed by atoms with Crippen LogP contribution in [0, 0.1) is 0 Å². The van der Waals surface area contributed by atoms with Gasteiger partial charge in [-0.1, -0.05) is 12.1 Å². The number of nitrogens with one attached hydrogen (secondary N) is 1. The maximum Gasteiger partial charge on any atom is 0.276 e. The molecule has 1 aromatic rings. The molecule has 1 aliphatic heterocycles. The van der Waals surface area contributed by atoms with E-state index >= 15 is 0 Å². The summed E-state index contributed by atoms with van der Waals surface area (Å²) in [4.78, 5) is 13.5. The van der Waals surface area contributed by atoms with E-state index in [1.165, 1.54) is 4.90 Å².